The molecule has 0 amide bonds. The summed E-state index contributed by atoms with van der Waals surface area (Å²) in [5.74, 6) is 0. The summed E-state index contributed by atoms with van der Waals surface area (Å²) in [7, 11) is -3.80. The van der Waals surface area contributed by atoms with Crippen molar-refractivity contribution in [1.29, 1.82) is 0 Å². The van der Waals surface area contributed by atoms with Crippen molar-refractivity contribution >= 4 is 49.7 Å². The lowest BCUT2D eigenvalue weighted by molar-refractivity contribution is 0.601. The third kappa shape index (κ3) is 4.08. The molecule has 1 aromatic heterocycles. The lowest BCUT2D eigenvalue weighted by Gasteiger charge is -2.11. The Bertz CT molecular complexity index is 718. The summed E-state index contributed by atoms with van der Waals surface area (Å²) in [5, 5.41) is 5.56. The summed E-state index contributed by atoms with van der Waals surface area (Å²) in [4.78, 5) is 3.88. The Morgan fingerprint density at radius 2 is 2.05 bits per heavy atom. The van der Waals surface area contributed by atoms with Crippen molar-refractivity contribution in [2.45, 2.75) is 18.4 Å². The molecule has 114 valence electrons. The molecule has 0 fully saturated rings. The third-order valence-electron chi connectivity index (χ3n) is 2.61. The van der Waals surface area contributed by atoms with Gasteiger partial charge in [-0.1, -0.05) is 30.1 Å². The second kappa shape index (κ2) is 6.93. The smallest absolute Gasteiger partial charge is 0.265 e. The number of nitrogens with one attached hydrogen (secondary N) is 2. The van der Waals surface area contributed by atoms with Crippen molar-refractivity contribution in [2.75, 3.05) is 11.3 Å². The number of rotatable bonds is 6. The highest BCUT2D eigenvalue weighted by Gasteiger charge is 2.21. The van der Waals surface area contributed by atoms with E-state index in [-0.39, 0.29) is 15.0 Å². The van der Waals surface area contributed by atoms with Crippen molar-refractivity contribution in [3.63, 3.8) is 0 Å². The molecule has 0 unspecified atom stereocenters. The number of hydrogen-bond acceptors (Lipinski definition) is 5. The van der Waals surface area contributed by atoms with E-state index >= 15 is 0 Å². The topological polar surface area (TPSA) is 71.1 Å². The van der Waals surface area contributed by atoms with Gasteiger partial charge in [0.15, 0.2) is 5.13 Å². The fourth-order valence-electron chi connectivity index (χ4n) is 1.62. The fraction of sp³-hybridized carbons (Fsp3) is 0.250. The average molecular weight is 366 g/mol. The van der Waals surface area contributed by atoms with E-state index in [1.165, 1.54) is 29.7 Å². The zero-order chi connectivity index (χ0) is 15.5. The third-order valence-corrected chi connectivity index (χ3v) is 5.58. The molecule has 1 aromatic carbocycles. The molecule has 0 aliphatic heterocycles. The van der Waals surface area contributed by atoms with Crippen LogP contribution in [0.5, 0.6) is 0 Å². The molecule has 0 bridgehead atoms. The summed E-state index contributed by atoms with van der Waals surface area (Å²) in [5.41, 5.74) is 0.669. The zero-order valence-corrected chi connectivity index (χ0v) is 14.2. The van der Waals surface area contributed by atoms with Crippen molar-refractivity contribution < 1.29 is 8.42 Å². The first kappa shape index (κ1) is 16.5. The van der Waals surface area contributed by atoms with Gasteiger partial charge in [-0.3, -0.25) is 4.72 Å². The van der Waals surface area contributed by atoms with Crippen LogP contribution in [0.2, 0.25) is 10.0 Å². The van der Waals surface area contributed by atoms with E-state index in [4.69, 9.17) is 23.2 Å². The zero-order valence-electron chi connectivity index (χ0n) is 11.1. The van der Waals surface area contributed by atoms with Crippen molar-refractivity contribution in [2.24, 2.45) is 0 Å². The number of nitrogens with zero attached hydrogens (tertiary/aromatic N) is 1. The van der Waals surface area contributed by atoms with Gasteiger partial charge in [-0.05, 0) is 24.2 Å². The number of anilines is 1. The Labute approximate surface area is 137 Å². The Morgan fingerprint density at radius 1 is 1.29 bits per heavy atom. The molecule has 0 spiro atoms. The van der Waals surface area contributed by atoms with E-state index in [0.717, 1.165) is 6.54 Å². The maximum absolute atomic E-state index is 12.4. The molecular weight excluding hydrogens is 353 g/mol. The van der Waals surface area contributed by atoms with Crippen LogP contribution >= 0.6 is 34.5 Å². The first-order chi connectivity index (χ1) is 9.94. The number of hydrogen-bond donors (Lipinski definition) is 2. The molecule has 21 heavy (non-hydrogen) atoms. The lowest BCUT2D eigenvalue weighted by Crippen LogP contribution is -2.16. The van der Waals surface area contributed by atoms with Gasteiger partial charge < -0.3 is 5.32 Å². The second-order valence-electron chi connectivity index (χ2n) is 4.10. The van der Waals surface area contributed by atoms with E-state index in [2.05, 4.69) is 15.0 Å². The SMILES string of the molecule is CCNCc1cc(S(=O)(=O)Nc2nccs2)c(Cl)cc1Cl. The first-order valence-electron chi connectivity index (χ1n) is 6.05. The molecule has 0 radical (unpaired) electrons. The molecule has 2 N–H and O–H groups in total. The first-order valence-corrected chi connectivity index (χ1v) is 9.17. The Morgan fingerprint density at radius 3 is 2.67 bits per heavy atom. The standard InChI is InChI=1S/C12H13Cl2N3O2S2/c1-2-15-7-8-5-11(10(14)6-9(8)13)21(18,19)17-12-16-3-4-20-12/h3-6,15H,2,7H2,1H3,(H,16,17). The molecule has 0 saturated heterocycles. The summed E-state index contributed by atoms with van der Waals surface area (Å²) in [6.45, 7) is 3.16. The van der Waals surface area contributed by atoms with E-state index in [9.17, 15) is 8.42 Å². The fourth-order valence-corrected chi connectivity index (χ4v) is 4.27. The van der Waals surface area contributed by atoms with Gasteiger partial charge in [0.2, 0.25) is 0 Å². The maximum Gasteiger partial charge on any atom is 0.265 e. The molecule has 0 atom stereocenters. The van der Waals surface area contributed by atoms with Gasteiger partial charge in [-0.15, -0.1) is 11.3 Å². The van der Waals surface area contributed by atoms with Crippen molar-refractivity contribution in [3.05, 3.63) is 39.3 Å². The average Bonchev–Trinajstić information content (AvgIpc) is 2.89. The summed E-state index contributed by atoms with van der Waals surface area (Å²) < 4.78 is 27.1. The molecule has 2 rings (SSSR count). The van der Waals surface area contributed by atoms with Gasteiger partial charge in [0.25, 0.3) is 10.0 Å². The predicted molar refractivity (Wildman–Crippen MR) is 86.8 cm³/mol. The van der Waals surface area contributed by atoms with Gasteiger partial charge in [0, 0.05) is 23.1 Å². The maximum atomic E-state index is 12.4. The van der Waals surface area contributed by atoms with Crippen LogP contribution < -0.4 is 10.0 Å². The Kier molecular flexibility index (Phi) is 5.45. The minimum Gasteiger partial charge on any atom is -0.313 e. The van der Waals surface area contributed by atoms with E-state index in [1.807, 2.05) is 6.92 Å². The van der Waals surface area contributed by atoms with Crippen LogP contribution in [0.25, 0.3) is 0 Å². The summed E-state index contributed by atoms with van der Waals surface area (Å²) in [6.07, 6.45) is 1.52. The van der Waals surface area contributed by atoms with Crippen LogP contribution in [0, 0.1) is 0 Å². The Balaban J connectivity index is 2.37. The minimum absolute atomic E-state index is 0.0170. The molecule has 5 nitrogen and oxygen atoms in total. The summed E-state index contributed by atoms with van der Waals surface area (Å²) in [6, 6.07) is 2.91. The molecule has 2 aromatic rings. The monoisotopic (exact) mass is 365 g/mol. The molecule has 0 saturated carbocycles. The highest BCUT2D eigenvalue weighted by atomic mass is 35.5. The van der Waals surface area contributed by atoms with Crippen LogP contribution in [0.4, 0.5) is 5.13 Å². The van der Waals surface area contributed by atoms with Gasteiger partial charge >= 0.3 is 0 Å². The van der Waals surface area contributed by atoms with Crippen LogP contribution in [-0.4, -0.2) is 19.9 Å². The van der Waals surface area contributed by atoms with Crippen LogP contribution in [0.3, 0.4) is 0 Å². The number of halogens is 2. The highest BCUT2D eigenvalue weighted by molar-refractivity contribution is 7.93. The predicted octanol–water partition coefficient (Wildman–Crippen LogP) is 3.36. The van der Waals surface area contributed by atoms with Crippen LogP contribution in [-0.2, 0) is 16.6 Å². The van der Waals surface area contributed by atoms with Gasteiger partial charge in [-0.2, -0.15) is 0 Å². The quantitative estimate of drug-likeness (QED) is 0.823. The number of sulfonamides is 1. The molecule has 0 aliphatic carbocycles. The van der Waals surface area contributed by atoms with E-state index in [0.29, 0.717) is 17.1 Å². The number of benzene rings is 1. The highest BCUT2D eigenvalue weighted by Crippen LogP contribution is 2.30. The van der Waals surface area contributed by atoms with Gasteiger partial charge in [0.1, 0.15) is 4.90 Å². The molecular formula is C12H13Cl2N3O2S2. The number of aromatic nitrogens is 1. The minimum atomic E-state index is -3.80. The lowest BCUT2D eigenvalue weighted by atomic mass is 10.2. The van der Waals surface area contributed by atoms with Crippen molar-refractivity contribution in [3.8, 4) is 0 Å². The molecule has 1 heterocycles. The molecule has 0 aliphatic rings. The Hall–Kier alpha value is -0.860. The van der Waals surface area contributed by atoms with Crippen LogP contribution in [0.1, 0.15) is 12.5 Å². The van der Waals surface area contributed by atoms with Gasteiger partial charge in [-0.25, -0.2) is 13.4 Å². The normalized spacial score (nSPS) is 11.6. The van der Waals surface area contributed by atoms with E-state index in [1.54, 1.807) is 5.38 Å². The summed E-state index contributed by atoms with van der Waals surface area (Å²) >= 11 is 13.3. The van der Waals surface area contributed by atoms with Gasteiger partial charge in [0.05, 0.1) is 5.02 Å². The van der Waals surface area contributed by atoms with E-state index < -0.39 is 10.0 Å². The largest absolute Gasteiger partial charge is 0.313 e. The van der Waals surface area contributed by atoms with Crippen LogP contribution in [0.15, 0.2) is 28.6 Å². The van der Waals surface area contributed by atoms with Crippen molar-refractivity contribution in [1.82, 2.24) is 10.3 Å². The second-order valence-corrected chi connectivity index (χ2v) is 7.46. The molecule has 9 heteroatoms. The number of thiazole rings is 1.